The van der Waals surface area contributed by atoms with E-state index in [-0.39, 0.29) is 0 Å². The Labute approximate surface area is 380 Å². The average molecular weight is 837 g/mol. The minimum atomic E-state index is 0.635. The summed E-state index contributed by atoms with van der Waals surface area (Å²) in [6.07, 6.45) is 8.66. The molecule has 0 N–H and O–H groups in total. The van der Waals surface area contributed by atoms with Gasteiger partial charge in [0.1, 0.15) is 11.5 Å². The summed E-state index contributed by atoms with van der Waals surface area (Å²) in [5, 5.41) is 0. The van der Waals surface area contributed by atoms with E-state index in [2.05, 4.69) is 213 Å². The van der Waals surface area contributed by atoms with E-state index in [1.54, 1.807) is 0 Å². The van der Waals surface area contributed by atoms with Crippen molar-refractivity contribution in [1.82, 2.24) is 0 Å². The van der Waals surface area contributed by atoms with Crippen molar-refractivity contribution >= 4 is 58.4 Å². The molecule has 0 amide bonds. The predicted octanol–water partition coefficient (Wildman–Crippen LogP) is 16.7. The molecule has 8 rings (SSSR count). The van der Waals surface area contributed by atoms with Crippen LogP contribution in [0.3, 0.4) is 0 Å². The Morgan fingerprint density at radius 2 is 0.781 bits per heavy atom. The number of para-hydroxylation sites is 1. The average Bonchev–Trinajstić information content (AvgIpc) is 3.31. The highest BCUT2D eigenvalue weighted by Crippen LogP contribution is 2.39. The Balaban J connectivity index is 1.05. The summed E-state index contributed by atoms with van der Waals surface area (Å²) < 4.78 is 11.5. The van der Waals surface area contributed by atoms with Crippen molar-refractivity contribution in [2.24, 2.45) is 0 Å². The van der Waals surface area contributed by atoms with Crippen molar-refractivity contribution in [1.29, 1.82) is 0 Å². The molecule has 0 bridgehead atoms. The maximum atomic E-state index is 5.87. The molecule has 0 saturated carbocycles. The van der Waals surface area contributed by atoms with Crippen LogP contribution in [0, 0.1) is 27.7 Å². The van der Waals surface area contributed by atoms with Gasteiger partial charge in [0.05, 0.1) is 13.2 Å². The van der Waals surface area contributed by atoms with Crippen molar-refractivity contribution in [3.8, 4) is 22.6 Å². The van der Waals surface area contributed by atoms with Gasteiger partial charge in [0, 0.05) is 39.7 Å². The van der Waals surface area contributed by atoms with Gasteiger partial charge in [-0.15, -0.1) is 0 Å². The van der Waals surface area contributed by atoms with Crippen molar-refractivity contribution < 1.29 is 9.47 Å². The summed E-state index contributed by atoms with van der Waals surface area (Å²) >= 11 is 0. The molecule has 4 heteroatoms. The lowest BCUT2D eigenvalue weighted by Crippen LogP contribution is -2.10. The quantitative estimate of drug-likeness (QED) is 0.0961. The highest BCUT2D eigenvalue weighted by atomic mass is 16.5. The highest BCUT2D eigenvalue weighted by molar-refractivity contribution is 5.83. The summed E-state index contributed by atoms with van der Waals surface area (Å²) in [7, 11) is 0. The van der Waals surface area contributed by atoms with Crippen LogP contribution < -0.4 is 19.3 Å². The molecule has 4 nitrogen and oxygen atoms in total. The second-order valence-corrected chi connectivity index (χ2v) is 16.2. The van der Waals surface area contributed by atoms with Crippen LogP contribution in [-0.2, 0) is 0 Å². The van der Waals surface area contributed by atoms with Gasteiger partial charge in [-0.25, -0.2) is 0 Å². The molecule has 0 aromatic heterocycles. The van der Waals surface area contributed by atoms with Crippen LogP contribution in [0.25, 0.3) is 35.4 Å². The van der Waals surface area contributed by atoms with Crippen molar-refractivity contribution in [2.75, 3.05) is 23.0 Å². The minimum absolute atomic E-state index is 0.635. The van der Waals surface area contributed by atoms with Gasteiger partial charge in [-0.05, 0) is 171 Å². The van der Waals surface area contributed by atoms with Crippen LogP contribution in [-0.4, -0.2) is 13.2 Å². The fourth-order valence-corrected chi connectivity index (χ4v) is 7.97. The third-order valence-corrected chi connectivity index (χ3v) is 11.5. The Morgan fingerprint density at radius 1 is 0.375 bits per heavy atom. The van der Waals surface area contributed by atoms with Crippen LogP contribution in [0.2, 0.25) is 0 Å². The lowest BCUT2D eigenvalue weighted by molar-refractivity contribution is 0.339. The van der Waals surface area contributed by atoms with Crippen molar-refractivity contribution in [3.05, 3.63) is 226 Å². The van der Waals surface area contributed by atoms with E-state index in [4.69, 9.17) is 9.47 Å². The largest absolute Gasteiger partial charge is 0.494 e. The lowest BCUT2D eigenvalue weighted by Gasteiger charge is -2.27. The lowest BCUT2D eigenvalue weighted by atomic mass is 10.0. The third-order valence-electron chi connectivity index (χ3n) is 11.5. The predicted molar refractivity (Wildman–Crippen MR) is 273 cm³/mol. The van der Waals surface area contributed by atoms with Crippen LogP contribution in [0.4, 0.5) is 34.1 Å². The zero-order valence-corrected chi connectivity index (χ0v) is 37.8. The zero-order valence-electron chi connectivity index (χ0n) is 37.8. The molecule has 8 aromatic carbocycles. The Hall–Kier alpha value is -7.56. The molecular weight excluding hydrogens is 781 g/mol. The molecule has 64 heavy (non-hydrogen) atoms. The smallest absolute Gasteiger partial charge is 0.126 e. The van der Waals surface area contributed by atoms with E-state index in [0.717, 1.165) is 67.9 Å². The molecule has 0 spiro atoms. The molecule has 0 aliphatic carbocycles. The maximum Gasteiger partial charge on any atom is 0.126 e. The molecule has 8 aromatic rings. The third kappa shape index (κ3) is 10.2. The maximum absolute atomic E-state index is 5.87. The number of aryl methyl sites for hydroxylation is 4. The number of rotatable bonds is 15. The SMILES string of the molecule is CCOc1ccc(/C=C/c2ccc(N(c3ccc(C)cc3)c3ccc(-c4ccc(N(c5ccc(C)cc5)c5ccc(/C=C/c6ccccc6OCC)c(C)c5)cc4)cc3)cc2C)cc1. The molecule has 0 heterocycles. The number of benzene rings is 8. The van der Waals surface area contributed by atoms with Gasteiger partial charge >= 0.3 is 0 Å². The topological polar surface area (TPSA) is 24.9 Å². The molecule has 0 atom stereocenters. The van der Waals surface area contributed by atoms with E-state index >= 15 is 0 Å². The number of nitrogens with zero attached hydrogens (tertiary/aromatic N) is 2. The first-order valence-corrected chi connectivity index (χ1v) is 22.2. The van der Waals surface area contributed by atoms with E-state index < -0.39 is 0 Å². The fourth-order valence-electron chi connectivity index (χ4n) is 7.97. The number of ether oxygens (including phenoxy) is 2. The summed E-state index contributed by atoms with van der Waals surface area (Å²) in [5.74, 6) is 1.79. The first-order valence-electron chi connectivity index (χ1n) is 22.2. The van der Waals surface area contributed by atoms with Crippen LogP contribution >= 0.6 is 0 Å². The van der Waals surface area contributed by atoms with E-state index in [1.165, 1.54) is 33.4 Å². The van der Waals surface area contributed by atoms with Gasteiger partial charge in [-0.3, -0.25) is 0 Å². The molecule has 318 valence electrons. The number of hydrogen-bond donors (Lipinski definition) is 0. The second-order valence-electron chi connectivity index (χ2n) is 16.2. The highest BCUT2D eigenvalue weighted by Gasteiger charge is 2.16. The van der Waals surface area contributed by atoms with Gasteiger partial charge in [0.2, 0.25) is 0 Å². The monoisotopic (exact) mass is 836 g/mol. The molecule has 0 saturated heterocycles. The number of anilines is 6. The summed E-state index contributed by atoms with van der Waals surface area (Å²) in [6.45, 7) is 13.9. The van der Waals surface area contributed by atoms with Crippen molar-refractivity contribution in [2.45, 2.75) is 41.5 Å². The normalized spacial score (nSPS) is 11.3. The van der Waals surface area contributed by atoms with Crippen LogP contribution in [0.15, 0.2) is 182 Å². The first kappa shape index (κ1) is 43.1. The molecule has 0 radical (unpaired) electrons. The molecule has 0 fully saturated rings. The van der Waals surface area contributed by atoms with Gasteiger partial charge < -0.3 is 19.3 Å². The van der Waals surface area contributed by atoms with E-state index in [9.17, 15) is 0 Å². The van der Waals surface area contributed by atoms with Crippen molar-refractivity contribution in [3.63, 3.8) is 0 Å². The summed E-state index contributed by atoms with van der Waals surface area (Å²) in [5.41, 5.74) is 18.4. The van der Waals surface area contributed by atoms with E-state index in [0.29, 0.717) is 13.2 Å². The molecule has 0 aliphatic heterocycles. The molecule has 0 aliphatic rings. The van der Waals surface area contributed by atoms with E-state index in [1.807, 2.05) is 44.2 Å². The van der Waals surface area contributed by atoms with Crippen LogP contribution in [0.5, 0.6) is 11.5 Å². The number of hydrogen-bond acceptors (Lipinski definition) is 4. The molecular formula is C60H56N2O2. The minimum Gasteiger partial charge on any atom is -0.494 e. The summed E-state index contributed by atoms with van der Waals surface area (Å²) in [4.78, 5) is 4.67. The Bertz CT molecular complexity index is 2860. The van der Waals surface area contributed by atoms with Gasteiger partial charge in [0.15, 0.2) is 0 Å². The van der Waals surface area contributed by atoms with Gasteiger partial charge in [-0.2, -0.15) is 0 Å². The summed E-state index contributed by atoms with van der Waals surface area (Å²) in [6, 6.07) is 65.1. The fraction of sp³-hybridized carbons (Fsp3) is 0.133. The van der Waals surface area contributed by atoms with Crippen LogP contribution in [0.1, 0.15) is 58.4 Å². The van der Waals surface area contributed by atoms with Gasteiger partial charge in [0.25, 0.3) is 0 Å². The second kappa shape index (κ2) is 20.1. The Kier molecular flexibility index (Phi) is 13.5. The Morgan fingerprint density at radius 3 is 1.23 bits per heavy atom. The zero-order chi connectivity index (χ0) is 44.4. The van der Waals surface area contributed by atoms with Gasteiger partial charge in [-0.1, -0.05) is 126 Å². The first-order chi connectivity index (χ1) is 31.3. The standard InChI is InChI=1S/C60H56N2O2/c1-7-63-59-39-18-47(19-40-59)17-20-48-23-37-57(41-45(48)5)61(53-29-13-43(3)14-30-53)55-33-25-50(26-34-55)51-27-35-56(36-28-51)62(54-31-15-44(4)16-32-54)58-38-24-49(46(6)42-58)21-22-52-11-9-10-12-60(52)64-8-2/h9-42H,7-8H2,1-6H3/b20-17+,22-21+. The molecule has 0 unspecified atom stereocenters.